The lowest BCUT2D eigenvalue weighted by Gasteiger charge is -2.21. The number of carbonyl (C=O) groups excluding carboxylic acids is 1. The monoisotopic (exact) mass is 260 g/mol. The highest BCUT2D eigenvalue weighted by Gasteiger charge is 2.32. The quantitative estimate of drug-likeness (QED) is 0.875. The molecule has 0 aromatic heterocycles. The summed E-state index contributed by atoms with van der Waals surface area (Å²) in [6.45, 7) is 4.27. The molecule has 2 atom stereocenters. The van der Waals surface area contributed by atoms with E-state index in [0.29, 0.717) is 12.5 Å². The molecule has 1 aromatic carbocycles. The van der Waals surface area contributed by atoms with Crippen LogP contribution in [0, 0.1) is 5.92 Å². The summed E-state index contributed by atoms with van der Waals surface area (Å²) in [4.78, 5) is 14.5. The summed E-state index contributed by atoms with van der Waals surface area (Å²) in [6, 6.07) is 6.05. The topological polar surface area (TPSA) is 55.6 Å². The van der Waals surface area contributed by atoms with Crippen molar-refractivity contribution in [2.75, 3.05) is 19.7 Å². The van der Waals surface area contributed by atoms with Gasteiger partial charge in [0.15, 0.2) is 0 Å². The molecule has 2 unspecified atom stereocenters. The van der Waals surface area contributed by atoms with E-state index >= 15 is 0 Å². The molecule has 102 valence electrons. The fourth-order valence-electron chi connectivity index (χ4n) is 3.08. The van der Waals surface area contributed by atoms with Crippen LogP contribution in [-0.4, -0.2) is 36.5 Å². The number of hydrogen-bond donors (Lipinski definition) is 1. The number of carbonyl (C=O) groups is 1. The van der Waals surface area contributed by atoms with Crippen molar-refractivity contribution in [3.8, 4) is 5.75 Å². The first-order chi connectivity index (χ1) is 9.19. The highest BCUT2D eigenvalue weighted by molar-refractivity contribution is 5.95. The number of fused-ring (bicyclic) bond motifs is 1. The second kappa shape index (κ2) is 4.85. The van der Waals surface area contributed by atoms with Gasteiger partial charge in [-0.1, -0.05) is 0 Å². The lowest BCUT2D eigenvalue weighted by atomic mass is 10.1. The first kappa shape index (κ1) is 12.5. The number of amides is 1. The molecular formula is C15H20N2O2. The molecule has 0 radical (unpaired) electrons. The molecule has 1 fully saturated rings. The first-order valence-electron chi connectivity index (χ1n) is 6.96. The van der Waals surface area contributed by atoms with Gasteiger partial charge in [-0.3, -0.25) is 4.79 Å². The molecule has 0 saturated carbocycles. The van der Waals surface area contributed by atoms with Crippen molar-refractivity contribution >= 4 is 5.91 Å². The Kier molecular flexibility index (Phi) is 3.19. The van der Waals surface area contributed by atoms with E-state index in [4.69, 9.17) is 10.5 Å². The number of rotatable bonds is 2. The Morgan fingerprint density at radius 2 is 2.37 bits per heavy atom. The molecule has 4 heteroatoms. The third kappa shape index (κ3) is 2.21. The van der Waals surface area contributed by atoms with Crippen LogP contribution in [0.15, 0.2) is 18.2 Å². The maximum atomic E-state index is 12.6. The minimum Gasteiger partial charge on any atom is -0.493 e. The van der Waals surface area contributed by atoms with E-state index in [1.54, 1.807) is 0 Å². The van der Waals surface area contributed by atoms with E-state index in [-0.39, 0.29) is 11.9 Å². The summed E-state index contributed by atoms with van der Waals surface area (Å²) in [5, 5.41) is 0. The standard InChI is InChI=1S/C15H20N2O2/c1-10-6-11(8-16)9-17(10)15(18)13-2-3-14-12(7-13)4-5-19-14/h2-3,7,10-11H,4-6,8-9,16H2,1H3. The molecule has 4 nitrogen and oxygen atoms in total. The minimum absolute atomic E-state index is 0.123. The van der Waals surface area contributed by atoms with Crippen LogP contribution in [-0.2, 0) is 6.42 Å². The number of benzene rings is 1. The number of ether oxygens (including phenoxy) is 1. The van der Waals surface area contributed by atoms with E-state index in [1.165, 1.54) is 0 Å². The fraction of sp³-hybridized carbons (Fsp3) is 0.533. The zero-order valence-corrected chi connectivity index (χ0v) is 11.3. The van der Waals surface area contributed by atoms with E-state index in [9.17, 15) is 4.79 Å². The van der Waals surface area contributed by atoms with E-state index in [0.717, 1.165) is 42.9 Å². The van der Waals surface area contributed by atoms with E-state index in [1.807, 2.05) is 23.1 Å². The third-order valence-corrected chi connectivity index (χ3v) is 4.19. The maximum Gasteiger partial charge on any atom is 0.254 e. The molecule has 2 N–H and O–H groups in total. The molecule has 0 aliphatic carbocycles. The van der Waals surface area contributed by atoms with Crippen molar-refractivity contribution in [1.82, 2.24) is 4.90 Å². The third-order valence-electron chi connectivity index (χ3n) is 4.19. The maximum absolute atomic E-state index is 12.6. The van der Waals surface area contributed by atoms with Crippen molar-refractivity contribution in [2.24, 2.45) is 11.7 Å². The molecule has 1 aromatic rings. The molecule has 2 heterocycles. The summed E-state index contributed by atoms with van der Waals surface area (Å²) < 4.78 is 5.47. The van der Waals surface area contributed by atoms with Crippen LogP contribution in [0.3, 0.4) is 0 Å². The zero-order chi connectivity index (χ0) is 13.4. The van der Waals surface area contributed by atoms with E-state index < -0.39 is 0 Å². The Bertz CT molecular complexity index is 501. The Hall–Kier alpha value is -1.55. The number of nitrogens with zero attached hydrogens (tertiary/aromatic N) is 1. The lowest BCUT2D eigenvalue weighted by molar-refractivity contribution is 0.0743. The minimum atomic E-state index is 0.123. The van der Waals surface area contributed by atoms with Crippen molar-refractivity contribution < 1.29 is 9.53 Å². The van der Waals surface area contributed by atoms with Gasteiger partial charge in [0.05, 0.1) is 6.61 Å². The van der Waals surface area contributed by atoms with Crippen molar-refractivity contribution in [3.05, 3.63) is 29.3 Å². The summed E-state index contributed by atoms with van der Waals surface area (Å²) in [5.74, 6) is 1.49. The molecule has 1 saturated heterocycles. The van der Waals surface area contributed by atoms with E-state index in [2.05, 4.69) is 6.92 Å². The number of hydrogen-bond acceptors (Lipinski definition) is 3. The molecule has 0 spiro atoms. The predicted molar refractivity (Wildman–Crippen MR) is 73.3 cm³/mol. The van der Waals surface area contributed by atoms with Crippen molar-refractivity contribution in [3.63, 3.8) is 0 Å². The van der Waals surface area contributed by atoms with Gasteiger partial charge in [-0.2, -0.15) is 0 Å². The molecule has 1 amide bonds. The second-order valence-corrected chi connectivity index (χ2v) is 5.56. The van der Waals surface area contributed by atoms with Gasteiger partial charge in [-0.05, 0) is 49.6 Å². The fourth-order valence-corrected chi connectivity index (χ4v) is 3.08. The lowest BCUT2D eigenvalue weighted by Crippen LogP contribution is -2.34. The van der Waals surface area contributed by atoms with Crippen LogP contribution < -0.4 is 10.5 Å². The first-order valence-corrected chi connectivity index (χ1v) is 6.96. The van der Waals surface area contributed by atoms with Crippen LogP contribution >= 0.6 is 0 Å². The molecule has 2 aliphatic rings. The Morgan fingerprint density at radius 1 is 1.53 bits per heavy atom. The van der Waals surface area contributed by atoms with Crippen molar-refractivity contribution in [1.29, 1.82) is 0 Å². The van der Waals surface area contributed by atoms with Gasteiger partial charge in [0.1, 0.15) is 5.75 Å². The molecule has 0 bridgehead atoms. The summed E-state index contributed by atoms with van der Waals surface area (Å²) >= 11 is 0. The largest absolute Gasteiger partial charge is 0.493 e. The number of nitrogens with two attached hydrogens (primary N) is 1. The Balaban J connectivity index is 1.80. The second-order valence-electron chi connectivity index (χ2n) is 5.56. The van der Waals surface area contributed by atoms with Gasteiger partial charge in [-0.25, -0.2) is 0 Å². The van der Waals surface area contributed by atoms with Gasteiger partial charge < -0.3 is 15.4 Å². The highest BCUT2D eigenvalue weighted by atomic mass is 16.5. The molecule has 3 rings (SSSR count). The van der Waals surface area contributed by atoms with Gasteiger partial charge in [0.25, 0.3) is 5.91 Å². The van der Waals surface area contributed by atoms with Gasteiger partial charge >= 0.3 is 0 Å². The van der Waals surface area contributed by atoms with Crippen LogP contribution in [0.1, 0.15) is 29.3 Å². The summed E-state index contributed by atoms with van der Waals surface area (Å²) in [5.41, 5.74) is 7.63. The molecule has 19 heavy (non-hydrogen) atoms. The highest BCUT2D eigenvalue weighted by Crippen LogP contribution is 2.28. The smallest absolute Gasteiger partial charge is 0.254 e. The normalized spacial score (nSPS) is 25.3. The van der Waals surface area contributed by atoms with Gasteiger partial charge in [0.2, 0.25) is 0 Å². The zero-order valence-electron chi connectivity index (χ0n) is 11.3. The number of likely N-dealkylation sites (tertiary alicyclic amines) is 1. The Morgan fingerprint density at radius 3 is 3.11 bits per heavy atom. The Labute approximate surface area is 113 Å². The van der Waals surface area contributed by atoms with Gasteiger partial charge in [-0.15, -0.1) is 0 Å². The van der Waals surface area contributed by atoms with Crippen LogP contribution in [0.4, 0.5) is 0 Å². The SMILES string of the molecule is CC1CC(CN)CN1C(=O)c1ccc2c(c1)CCO2. The predicted octanol–water partition coefficient (Wildman–Crippen LogP) is 1.43. The van der Waals surface area contributed by atoms with Gasteiger partial charge in [0, 0.05) is 24.6 Å². The average molecular weight is 260 g/mol. The summed E-state index contributed by atoms with van der Waals surface area (Å²) in [6.07, 6.45) is 1.91. The summed E-state index contributed by atoms with van der Waals surface area (Å²) in [7, 11) is 0. The van der Waals surface area contributed by atoms with Crippen LogP contribution in [0.2, 0.25) is 0 Å². The average Bonchev–Trinajstić information content (AvgIpc) is 3.02. The van der Waals surface area contributed by atoms with Crippen molar-refractivity contribution in [2.45, 2.75) is 25.8 Å². The molecular weight excluding hydrogens is 240 g/mol. The van der Waals surface area contributed by atoms with Crippen LogP contribution in [0.25, 0.3) is 0 Å². The molecule has 2 aliphatic heterocycles. The van der Waals surface area contributed by atoms with Crippen LogP contribution in [0.5, 0.6) is 5.75 Å².